The average molecular weight is 579 g/mol. The van der Waals surface area contributed by atoms with E-state index in [0.717, 1.165) is 10.7 Å². The molecule has 3 rings (SSSR count). The van der Waals surface area contributed by atoms with Crippen molar-refractivity contribution in [2.24, 2.45) is 5.10 Å². The van der Waals surface area contributed by atoms with Gasteiger partial charge in [-0.3, -0.25) is 4.79 Å². The predicted octanol–water partition coefficient (Wildman–Crippen LogP) is 5.52. The Morgan fingerprint density at radius 2 is 1.74 bits per heavy atom. The largest absolute Gasteiger partial charge is 0.490 e. The third kappa shape index (κ3) is 8.19. The van der Waals surface area contributed by atoms with Crippen molar-refractivity contribution in [2.75, 3.05) is 19.8 Å². The molecule has 0 unspecified atom stereocenters. The summed E-state index contributed by atoms with van der Waals surface area (Å²) in [4.78, 5) is 12.8. The van der Waals surface area contributed by atoms with Crippen LogP contribution in [0.2, 0.25) is 10.0 Å². The summed E-state index contributed by atoms with van der Waals surface area (Å²) >= 11 is 12.2. The van der Waals surface area contributed by atoms with Crippen molar-refractivity contribution in [2.45, 2.75) is 31.7 Å². The summed E-state index contributed by atoms with van der Waals surface area (Å²) in [5, 5.41) is 4.77. The summed E-state index contributed by atoms with van der Waals surface area (Å²) in [5.74, 6) is 0.562. The van der Waals surface area contributed by atoms with Gasteiger partial charge in [0.15, 0.2) is 11.5 Å². The summed E-state index contributed by atoms with van der Waals surface area (Å²) in [6, 6.07) is 17.9. The van der Waals surface area contributed by atoms with Crippen LogP contribution in [-0.4, -0.2) is 44.6 Å². The molecule has 0 aliphatic carbocycles. The van der Waals surface area contributed by atoms with Gasteiger partial charge in [-0.25, -0.2) is 13.8 Å². The predicted molar refractivity (Wildman–Crippen MR) is 150 cm³/mol. The van der Waals surface area contributed by atoms with Crippen LogP contribution in [0.15, 0.2) is 76.7 Å². The van der Waals surface area contributed by atoms with Crippen molar-refractivity contribution in [1.82, 2.24) is 9.73 Å². The number of sulfonamides is 1. The first-order chi connectivity index (χ1) is 18.2. The molecule has 0 bridgehead atoms. The number of rotatable bonds is 13. The highest BCUT2D eigenvalue weighted by molar-refractivity contribution is 7.89. The highest BCUT2D eigenvalue weighted by atomic mass is 35.5. The van der Waals surface area contributed by atoms with E-state index in [4.69, 9.17) is 32.7 Å². The average Bonchev–Trinajstić information content (AvgIpc) is 2.89. The van der Waals surface area contributed by atoms with Crippen molar-refractivity contribution in [1.29, 1.82) is 0 Å². The Balaban J connectivity index is 1.76. The van der Waals surface area contributed by atoms with Gasteiger partial charge in [-0.15, -0.1) is 0 Å². The summed E-state index contributed by atoms with van der Waals surface area (Å²) in [5.41, 5.74) is 3.61. The van der Waals surface area contributed by atoms with Gasteiger partial charge in [0.05, 0.1) is 30.9 Å². The molecule has 3 aromatic rings. The fraction of sp³-hybridized carbons (Fsp3) is 0.259. The van der Waals surface area contributed by atoms with E-state index < -0.39 is 22.5 Å². The zero-order valence-electron chi connectivity index (χ0n) is 21.1. The Kier molecular flexibility index (Phi) is 11.0. The molecule has 11 heteroatoms. The normalized spacial score (nSPS) is 11.6. The number of hydrogen-bond donors (Lipinski definition) is 1. The highest BCUT2D eigenvalue weighted by Crippen LogP contribution is 2.28. The van der Waals surface area contributed by atoms with E-state index in [2.05, 4.69) is 10.5 Å². The second-order valence-corrected chi connectivity index (χ2v) is 10.9. The van der Waals surface area contributed by atoms with E-state index in [1.54, 1.807) is 42.5 Å². The Bertz CT molecular complexity index is 1370. The van der Waals surface area contributed by atoms with E-state index in [0.29, 0.717) is 45.9 Å². The second kappa shape index (κ2) is 14.2. The SMILES string of the molecule is CCCOc1ccc(C=NNC(=O)CN(Cc2ccccc2Cl)S(=O)(=O)c2ccc(Cl)cc2)cc1OCC. The zero-order valence-corrected chi connectivity index (χ0v) is 23.4. The van der Waals surface area contributed by atoms with Gasteiger partial charge in [0.1, 0.15) is 0 Å². The number of hydrogen-bond acceptors (Lipinski definition) is 6. The highest BCUT2D eigenvalue weighted by Gasteiger charge is 2.27. The molecule has 0 radical (unpaired) electrons. The maximum atomic E-state index is 13.4. The van der Waals surface area contributed by atoms with E-state index >= 15 is 0 Å². The van der Waals surface area contributed by atoms with E-state index in [1.807, 2.05) is 13.8 Å². The molecule has 202 valence electrons. The van der Waals surface area contributed by atoms with Gasteiger partial charge >= 0.3 is 0 Å². The molecule has 1 amide bonds. The maximum Gasteiger partial charge on any atom is 0.255 e. The lowest BCUT2D eigenvalue weighted by Crippen LogP contribution is -2.39. The summed E-state index contributed by atoms with van der Waals surface area (Å²) in [7, 11) is -4.06. The fourth-order valence-electron chi connectivity index (χ4n) is 3.38. The van der Waals surface area contributed by atoms with E-state index in [9.17, 15) is 13.2 Å². The Morgan fingerprint density at radius 3 is 2.42 bits per heavy atom. The first kappa shape index (κ1) is 29.4. The molecule has 0 spiro atoms. The van der Waals surface area contributed by atoms with Gasteiger partial charge in [-0.2, -0.15) is 9.41 Å². The first-order valence-corrected chi connectivity index (χ1v) is 14.1. The van der Waals surface area contributed by atoms with E-state index in [-0.39, 0.29) is 11.4 Å². The Hall–Kier alpha value is -3.11. The molecule has 0 saturated heterocycles. The number of hydrazone groups is 1. The first-order valence-electron chi connectivity index (χ1n) is 11.9. The minimum absolute atomic E-state index is 0.000842. The van der Waals surface area contributed by atoms with Gasteiger partial charge in [0.2, 0.25) is 10.0 Å². The lowest BCUT2D eigenvalue weighted by Gasteiger charge is -2.22. The van der Waals surface area contributed by atoms with Crippen molar-refractivity contribution in [3.63, 3.8) is 0 Å². The molecule has 0 heterocycles. The van der Waals surface area contributed by atoms with Crippen LogP contribution in [-0.2, 0) is 21.4 Å². The number of ether oxygens (including phenoxy) is 2. The molecular formula is C27H29Cl2N3O5S. The van der Waals surface area contributed by atoms with Crippen molar-refractivity contribution >= 4 is 45.3 Å². The van der Waals surface area contributed by atoms with Crippen molar-refractivity contribution < 1.29 is 22.7 Å². The van der Waals surface area contributed by atoms with E-state index in [1.165, 1.54) is 30.5 Å². The molecule has 0 saturated carbocycles. The quantitative estimate of drug-likeness (QED) is 0.213. The standard InChI is InChI=1S/C27H29Cl2N3O5S/c1-3-15-37-25-14-9-20(16-26(25)36-4-2)17-30-31-27(33)19-32(18-21-7-5-6-8-24(21)29)38(34,35)23-12-10-22(28)11-13-23/h5-14,16-17H,3-4,15,18-19H2,1-2H3,(H,31,33). The Morgan fingerprint density at radius 1 is 1.00 bits per heavy atom. The fourth-order valence-corrected chi connectivity index (χ4v) is 5.07. The number of carbonyl (C=O) groups is 1. The van der Waals surface area contributed by atoms with Gasteiger partial charge in [0.25, 0.3) is 5.91 Å². The molecular weight excluding hydrogens is 549 g/mol. The van der Waals surface area contributed by atoms with Crippen LogP contribution in [0.1, 0.15) is 31.4 Å². The third-order valence-corrected chi connectivity index (χ3v) is 7.63. The molecule has 0 aliphatic rings. The van der Waals surface area contributed by atoms with Gasteiger partial charge in [-0.1, -0.05) is 48.3 Å². The minimum Gasteiger partial charge on any atom is -0.490 e. The topological polar surface area (TPSA) is 97.3 Å². The third-order valence-electron chi connectivity index (χ3n) is 5.21. The van der Waals surface area contributed by atoms with Gasteiger partial charge in [-0.05, 0) is 73.0 Å². The van der Waals surface area contributed by atoms with Crippen LogP contribution < -0.4 is 14.9 Å². The van der Waals surface area contributed by atoms with Crippen LogP contribution in [0.3, 0.4) is 0 Å². The van der Waals surface area contributed by atoms with Gasteiger partial charge in [0, 0.05) is 16.6 Å². The molecule has 0 atom stereocenters. The molecule has 3 aromatic carbocycles. The number of carbonyl (C=O) groups excluding carboxylic acids is 1. The summed E-state index contributed by atoms with van der Waals surface area (Å²) < 4.78 is 39.2. The molecule has 8 nitrogen and oxygen atoms in total. The van der Waals surface area contributed by atoms with Crippen LogP contribution in [0.4, 0.5) is 0 Å². The van der Waals surface area contributed by atoms with Crippen LogP contribution in [0, 0.1) is 0 Å². The smallest absolute Gasteiger partial charge is 0.255 e. The number of nitrogens with zero attached hydrogens (tertiary/aromatic N) is 2. The lowest BCUT2D eigenvalue weighted by molar-refractivity contribution is -0.121. The zero-order chi connectivity index (χ0) is 27.5. The molecule has 1 N–H and O–H groups in total. The molecule has 0 aliphatic heterocycles. The second-order valence-electron chi connectivity index (χ2n) is 8.10. The minimum atomic E-state index is -4.06. The summed E-state index contributed by atoms with van der Waals surface area (Å²) in [6.07, 6.45) is 2.30. The molecule has 38 heavy (non-hydrogen) atoms. The monoisotopic (exact) mass is 577 g/mol. The van der Waals surface area contributed by atoms with Crippen molar-refractivity contribution in [3.05, 3.63) is 87.9 Å². The van der Waals surface area contributed by atoms with Gasteiger partial charge < -0.3 is 9.47 Å². The molecule has 0 aromatic heterocycles. The Labute approximate surface area is 233 Å². The number of amides is 1. The van der Waals surface area contributed by atoms with Crippen LogP contribution in [0.5, 0.6) is 11.5 Å². The molecule has 0 fully saturated rings. The van der Waals surface area contributed by atoms with Crippen LogP contribution >= 0.6 is 23.2 Å². The number of halogens is 2. The number of benzene rings is 3. The summed E-state index contributed by atoms with van der Waals surface area (Å²) in [6.45, 7) is 4.31. The maximum absolute atomic E-state index is 13.4. The number of nitrogens with one attached hydrogen (secondary N) is 1. The van der Waals surface area contributed by atoms with Crippen molar-refractivity contribution in [3.8, 4) is 11.5 Å². The van der Waals surface area contributed by atoms with Crippen LogP contribution in [0.25, 0.3) is 0 Å². The lowest BCUT2D eigenvalue weighted by atomic mass is 10.2.